The van der Waals surface area contributed by atoms with E-state index in [0.717, 1.165) is 18.9 Å². The Kier molecular flexibility index (Phi) is 3.77. The molecule has 0 spiro atoms. The van der Waals surface area contributed by atoms with E-state index in [0.29, 0.717) is 18.1 Å². The average molecular weight is 247 g/mol. The summed E-state index contributed by atoms with van der Waals surface area (Å²) in [5.41, 5.74) is 0.671. The van der Waals surface area contributed by atoms with Gasteiger partial charge in [0.15, 0.2) is 11.6 Å². The van der Waals surface area contributed by atoms with Gasteiger partial charge in [-0.05, 0) is 30.5 Å². The highest BCUT2D eigenvalue weighted by atomic mass is 35.5. The molecule has 16 heavy (non-hydrogen) atoms. The van der Waals surface area contributed by atoms with Crippen molar-refractivity contribution >= 4 is 11.6 Å². The van der Waals surface area contributed by atoms with Crippen molar-refractivity contribution in [2.24, 2.45) is 5.92 Å². The van der Waals surface area contributed by atoms with Crippen molar-refractivity contribution in [2.75, 3.05) is 12.5 Å². The fourth-order valence-corrected chi connectivity index (χ4v) is 2.38. The highest BCUT2D eigenvalue weighted by molar-refractivity contribution is 6.18. The second-order valence-electron chi connectivity index (χ2n) is 4.02. The van der Waals surface area contributed by atoms with Crippen LogP contribution in [0.25, 0.3) is 0 Å². The van der Waals surface area contributed by atoms with Crippen LogP contribution in [0.15, 0.2) is 18.2 Å². The lowest BCUT2D eigenvalue weighted by molar-refractivity contribution is -0.0210. The van der Waals surface area contributed by atoms with E-state index < -0.39 is 11.6 Å². The Hall–Kier alpha value is -0.670. The summed E-state index contributed by atoms with van der Waals surface area (Å²) in [4.78, 5) is 0. The molecule has 2 atom stereocenters. The summed E-state index contributed by atoms with van der Waals surface area (Å²) in [6.45, 7) is 0.650. The summed E-state index contributed by atoms with van der Waals surface area (Å²) >= 11 is 5.85. The van der Waals surface area contributed by atoms with Gasteiger partial charge in [-0.15, -0.1) is 11.6 Å². The van der Waals surface area contributed by atoms with E-state index in [4.69, 9.17) is 16.3 Å². The van der Waals surface area contributed by atoms with Crippen molar-refractivity contribution < 1.29 is 13.5 Å². The summed E-state index contributed by atoms with van der Waals surface area (Å²) in [5.74, 6) is -1.01. The van der Waals surface area contributed by atoms with Crippen LogP contribution in [0.3, 0.4) is 0 Å². The van der Waals surface area contributed by atoms with E-state index in [-0.39, 0.29) is 12.0 Å². The van der Waals surface area contributed by atoms with Crippen molar-refractivity contribution in [3.05, 3.63) is 35.4 Å². The van der Waals surface area contributed by atoms with Gasteiger partial charge in [0.2, 0.25) is 0 Å². The van der Waals surface area contributed by atoms with E-state index in [1.54, 1.807) is 6.07 Å². The van der Waals surface area contributed by atoms with Gasteiger partial charge in [0.25, 0.3) is 0 Å². The van der Waals surface area contributed by atoms with Gasteiger partial charge in [0, 0.05) is 18.4 Å². The molecular formula is C12H13ClF2O. The zero-order chi connectivity index (χ0) is 11.5. The van der Waals surface area contributed by atoms with Crippen LogP contribution in [0.4, 0.5) is 8.78 Å². The predicted molar refractivity (Wildman–Crippen MR) is 58.5 cm³/mol. The molecule has 2 rings (SSSR count). The number of ether oxygens (including phenoxy) is 1. The molecule has 2 unspecified atom stereocenters. The normalized spacial score (nSPS) is 25.7. The van der Waals surface area contributed by atoms with E-state index >= 15 is 0 Å². The van der Waals surface area contributed by atoms with Crippen LogP contribution in [0.1, 0.15) is 24.5 Å². The van der Waals surface area contributed by atoms with E-state index in [1.165, 1.54) is 6.07 Å². The molecule has 0 saturated carbocycles. The number of alkyl halides is 1. The molecule has 0 aromatic heterocycles. The van der Waals surface area contributed by atoms with Gasteiger partial charge in [-0.3, -0.25) is 0 Å². The first-order valence-corrected chi connectivity index (χ1v) is 5.88. The SMILES string of the molecule is Fc1ccc(C2OCCCC2CCl)cc1F. The van der Waals surface area contributed by atoms with Gasteiger partial charge in [-0.1, -0.05) is 6.07 Å². The summed E-state index contributed by atoms with van der Waals surface area (Å²) in [5, 5.41) is 0. The zero-order valence-electron chi connectivity index (χ0n) is 8.76. The lowest BCUT2D eigenvalue weighted by Crippen LogP contribution is -2.23. The van der Waals surface area contributed by atoms with Crippen LogP contribution >= 0.6 is 11.6 Å². The predicted octanol–water partition coefficient (Wildman–Crippen LogP) is 3.67. The molecule has 0 radical (unpaired) electrons. The minimum atomic E-state index is -0.833. The fourth-order valence-electron chi connectivity index (χ4n) is 2.06. The lowest BCUT2D eigenvalue weighted by atomic mass is 9.91. The smallest absolute Gasteiger partial charge is 0.159 e. The third-order valence-corrected chi connectivity index (χ3v) is 3.31. The number of hydrogen-bond donors (Lipinski definition) is 0. The Morgan fingerprint density at radius 3 is 2.81 bits per heavy atom. The monoisotopic (exact) mass is 246 g/mol. The van der Waals surface area contributed by atoms with Crippen LogP contribution in [-0.4, -0.2) is 12.5 Å². The highest BCUT2D eigenvalue weighted by Gasteiger charge is 2.27. The second-order valence-corrected chi connectivity index (χ2v) is 4.33. The van der Waals surface area contributed by atoms with Gasteiger partial charge in [0.05, 0.1) is 6.10 Å². The largest absolute Gasteiger partial charge is 0.373 e. The fraction of sp³-hybridized carbons (Fsp3) is 0.500. The molecule has 0 aliphatic carbocycles. The molecular weight excluding hydrogens is 234 g/mol. The molecule has 1 saturated heterocycles. The van der Waals surface area contributed by atoms with Crippen molar-refractivity contribution in [3.8, 4) is 0 Å². The molecule has 1 nitrogen and oxygen atoms in total. The molecule has 0 amide bonds. The molecule has 1 heterocycles. The second kappa shape index (κ2) is 5.11. The number of hydrogen-bond acceptors (Lipinski definition) is 1. The van der Waals surface area contributed by atoms with Gasteiger partial charge < -0.3 is 4.74 Å². The van der Waals surface area contributed by atoms with Crippen molar-refractivity contribution in [3.63, 3.8) is 0 Å². The zero-order valence-corrected chi connectivity index (χ0v) is 9.51. The van der Waals surface area contributed by atoms with Crippen LogP contribution in [0.2, 0.25) is 0 Å². The van der Waals surface area contributed by atoms with Gasteiger partial charge in [-0.2, -0.15) is 0 Å². The molecule has 1 aliphatic heterocycles. The first-order chi connectivity index (χ1) is 7.72. The molecule has 1 aliphatic rings. The van der Waals surface area contributed by atoms with Gasteiger partial charge in [0.1, 0.15) is 0 Å². The standard InChI is InChI=1S/C12H13ClF2O/c13-7-9-2-1-5-16-12(9)8-3-4-10(14)11(15)6-8/h3-4,6,9,12H,1-2,5,7H2. The van der Waals surface area contributed by atoms with E-state index in [9.17, 15) is 8.78 Å². The van der Waals surface area contributed by atoms with Crippen molar-refractivity contribution in [1.29, 1.82) is 0 Å². The Bertz CT molecular complexity index is 370. The van der Waals surface area contributed by atoms with Crippen molar-refractivity contribution in [2.45, 2.75) is 18.9 Å². The number of benzene rings is 1. The maximum Gasteiger partial charge on any atom is 0.159 e. The molecule has 1 aromatic rings. The molecule has 0 N–H and O–H groups in total. The van der Waals surface area contributed by atoms with E-state index in [2.05, 4.69) is 0 Å². The highest BCUT2D eigenvalue weighted by Crippen LogP contribution is 2.34. The number of rotatable bonds is 2. The summed E-state index contributed by atoms with van der Waals surface area (Å²) in [7, 11) is 0. The molecule has 1 aromatic carbocycles. The van der Waals surface area contributed by atoms with Gasteiger partial charge in [-0.25, -0.2) is 8.78 Å². The Morgan fingerprint density at radius 1 is 1.31 bits per heavy atom. The Labute approximate surface area is 98.4 Å². The first-order valence-electron chi connectivity index (χ1n) is 5.35. The summed E-state index contributed by atoms with van der Waals surface area (Å²) in [6, 6.07) is 3.90. The summed E-state index contributed by atoms with van der Waals surface area (Å²) < 4.78 is 31.5. The molecule has 1 fully saturated rings. The molecule has 88 valence electrons. The first kappa shape index (κ1) is 11.8. The maximum atomic E-state index is 13.1. The third kappa shape index (κ3) is 2.36. The maximum absolute atomic E-state index is 13.1. The molecule has 0 bridgehead atoms. The number of halogens is 3. The minimum absolute atomic E-state index is 0.181. The van der Waals surface area contributed by atoms with Crippen LogP contribution in [0, 0.1) is 17.6 Å². The van der Waals surface area contributed by atoms with Crippen LogP contribution in [0.5, 0.6) is 0 Å². The topological polar surface area (TPSA) is 9.23 Å². The Morgan fingerprint density at radius 2 is 2.12 bits per heavy atom. The molecule has 4 heteroatoms. The quantitative estimate of drug-likeness (QED) is 0.724. The summed E-state index contributed by atoms with van der Waals surface area (Å²) in [6.07, 6.45) is 1.73. The van der Waals surface area contributed by atoms with Crippen LogP contribution in [-0.2, 0) is 4.74 Å². The van der Waals surface area contributed by atoms with E-state index in [1.807, 2.05) is 0 Å². The van der Waals surface area contributed by atoms with Crippen molar-refractivity contribution in [1.82, 2.24) is 0 Å². The average Bonchev–Trinajstić information content (AvgIpc) is 2.32. The van der Waals surface area contributed by atoms with Crippen LogP contribution < -0.4 is 0 Å². The third-order valence-electron chi connectivity index (χ3n) is 2.92. The minimum Gasteiger partial charge on any atom is -0.373 e. The lowest BCUT2D eigenvalue weighted by Gasteiger charge is -2.30. The van der Waals surface area contributed by atoms with Gasteiger partial charge >= 0.3 is 0 Å². The Balaban J connectivity index is 2.23.